The Bertz CT molecular complexity index is 333. The van der Waals surface area contributed by atoms with Crippen LogP contribution in [0.4, 0.5) is 0 Å². The molecule has 1 heterocycles. The first kappa shape index (κ1) is 16.9. The predicted molar refractivity (Wildman–Crippen MR) is 79.1 cm³/mol. The van der Waals surface area contributed by atoms with Crippen LogP contribution in [0.15, 0.2) is 0 Å². The van der Waals surface area contributed by atoms with Gasteiger partial charge in [0.05, 0.1) is 13.1 Å². The SMILES string of the molecule is CCCNC(=O)CN(C)C(=O)CN1CCC(C(C)N)C1. The molecule has 2 amide bonds. The minimum Gasteiger partial charge on any atom is -0.355 e. The van der Waals surface area contributed by atoms with Crippen molar-refractivity contribution in [1.29, 1.82) is 0 Å². The molecular formula is C14H28N4O2. The molecule has 0 aromatic carbocycles. The lowest BCUT2D eigenvalue weighted by molar-refractivity contribution is -0.135. The van der Waals surface area contributed by atoms with E-state index in [2.05, 4.69) is 10.2 Å². The maximum Gasteiger partial charge on any atom is 0.239 e. The van der Waals surface area contributed by atoms with Crippen LogP contribution in [0.1, 0.15) is 26.7 Å². The Morgan fingerprint density at radius 1 is 1.50 bits per heavy atom. The molecule has 1 aliphatic rings. The summed E-state index contributed by atoms with van der Waals surface area (Å²) in [7, 11) is 1.67. The van der Waals surface area contributed by atoms with Crippen LogP contribution < -0.4 is 11.1 Å². The number of nitrogens with zero attached hydrogens (tertiary/aromatic N) is 2. The van der Waals surface area contributed by atoms with Crippen LogP contribution in [-0.4, -0.2) is 67.4 Å². The van der Waals surface area contributed by atoms with E-state index in [9.17, 15) is 9.59 Å². The van der Waals surface area contributed by atoms with Gasteiger partial charge < -0.3 is 16.0 Å². The second kappa shape index (κ2) is 8.21. The molecule has 1 fully saturated rings. The molecule has 2 unspecified atom stereocenters. The fourth-order valence-corrected chi connectivity index (χ4v) is 2.37. The Labute approximate surface area is 121 Å². The second-order valence-corrected chi connectivity index (χ2v) is 5.74. The molecule has 0 radical (unpaired) electrons. The summed E-state index contributed by atoms with van der Waals surface area (Å²) in [6, 6.07) is 0.174. The summed E-state index contributed by atoms with van der Waals surface area (Å²) >= 11 is 0. The Morgan fingerprint density at radius 2 is 2.20 bits per heavy atom. The van der Waals surface area contributed by atoms with E-state index in [0.29, 0.717) is 19.0 Å². The highest BCUT2D eigenvalue weighted by Gasteiger charge is 2.27. The lowest BCUT2D eigenvalue weighted by Crippen LogP contribution is -2.43. The highest BCUT2D eigenvalue weighted by atomic mass is 16.2. The van der Waals surface area contributed by atoms with Crippen molar-refractivity contribution in [2.75, 3.05) is 39.8 Å². The van der Waals surface area contributed by atoms with Crippen LogP contribution in [0, 0.1) is 5.92 Å². The van der Waals surface area contributed by atoms with E-state index in [1.165, 1.54) is 4.90 Å². The minimum absolute atomic E-state index is 0.0121. The van der Waals surface area contributed by atoms with Gasteiger partial charge in [-0.15, -0.1) is 0 Å². The van der Waals surface area contributed by atoms with E-state index in [1.54, 1.807) is 7.05 Å². The molecule has 0 aromatic rings. The summed E-state index contributed by atoms with van der Waals surface area (Å²) in [5.41, 5.74) is 5.89. The van der Waals surface area contributed by atoms with Crippen molar-refractivity contribution < 1.29 is 9.59 Å². The number of amides is 2. The van der Waals surface area contributed by atoms with E-state index >= 15 is 0 Å². The fourth-order valence-electron chi connectivity index (χ4n) is 2.37. The Morgan fingerprint density at radius 3 is 2.75 bits per heavy atom. The summed E-state index contributed by atoms with van der Waals surface area (Å²) in [5.74, 6) is 0.362. The Balaban J connectivity index is 2.30. The number of hydrogen-bond acceptors (Lipinski definition) is 4. The smallest absolute Gasteiger partial charge is 0.239 e. The molecule has 2 atom stereocenters. The highest BCUT2D eigenvalue weighted by Crippen LogP contribution is 2.18. The average molecular weight is 284 g/mol. The number of likely N-dealkylation sites (tertiary alicyclic amines) is 1. The molecule has 1 saturated heterocycles. The molecule has 20 heavy (non-hydrogen) atoms. The van der Waals surface area contributed by atoms with Crippen LogP contribution in [0.5, 0.6) is 0 Å². The molecule has 0 bridgehead atoms. The molecule has 6 nitrogen and oxygen atoms in total. The van der Waals surface area contributed by atoms with E-state index in [-0.39, 0.29) is 24.4 Å². The van der Waals surface area contributed by atoms with Crippen molar-refractivity contribution >= 4 is 11.8 Å². The number of nitrogens with one attached hydrogen (secondary N) is 1. The molecule has 3 N–H and O–H groups in total. The number of carbonyl (C=O) groups is 2. The maximum absolute atomic E-state index is 12.1. The van der Waals surface area contributed by atoms with Gasteiger partial charge in [-0.1, -0.05) is 6.92 Å². The topological polar surface area (TPSA) is 78.7 Å². The van der Waals surface area contributed by atoms with Gasteiger partial charge >= 0.3 is 0 Å². The molecule has 116 valence electrons. The van der Waals surface area contributed by atoms with E-state index in [0.717, 1.165) is 25.9 Å². The first-order valence-electron chi connectivity index (χ1n) is 7.42. The van der Waals surface area contributed by atoms with Crippen LogP contribution in [0.25, 0.3) is 0 Å². The van der Waals surface area contributed by atoms with Gasteiger partial charge in [0.2, 0.25) is 11.8 Å². The third kappa shape index (κ3) is 5.46. The molecule has 6 heteroatoms. The summed E-state index contributed by atoms with van der Waals surface area (Å²) in [6.07, 6.45) is 1.95. The van der Waals surface area contributed by atoms with Gasteiger partial charge in [-0.05, 0) is 32.2 Å². The Hall–Kier alpha value is -1.14. The van der Waals surface area contributed by atoms with E-state index < -0.39 is 0 Å². The van der Waals surface area contributed by atoms with Crippen LogP contribution in [0.3, 0.4) is 0 Å². The van der Waals surface area contributed by atoms with Crippen molar-refractivity contribution in [3.8, 4) is 0 Å². The fraction of sp³-hybridized carbons (Fsp3) is 0.857. The number of nitrogens with two attached hydrogens (primary N) is 1. The van der Waals surface area contributed by atoms with Gasteiger partial charge in [-0.2, -0.15) is 0 Å². The lowest BCUT2D eigenvalue weighted by Gasteiger charge is -2.21. The van der Waals surface area contributed by atoms with Crippen molar-refractivity contribution in [3.05, 3.63) is 0 Å². The van der Waals surface area contributed by atoms with Gasteiger partial charge in [-0.3, -0.25) is 14.5 Å². The summed E-state index contributed by atoms with van der Waals surface area (Å²) < 4.78 is 0. The molecule has 0 spiro atoms. The van der Waals surface area contributed by atoms with Gasteiger partial charge in [0.25, 0.3) is 0 Å². The maximum atomic E-state index is 12.1. The molecule has 1 rings (SSSR count). The molecule has 1 aliphatic heterocycles. The Kier molecular flexibility index (Phi) is 6.95. The molecule has 0 saturated carbocycles. The average Bonchev–Trinajstić information content (AvgIpc) is 2.84. The van der Waals surface area contributed by atoms with E-state index in [4.69, 9.17) is 5.73 Å². The zero-order valence-corrected chi connectivity index (χ0v) is 12.9. The molecule has 0 aromatic heterocycles. The highest BCUT2D eigenvalue weighted by molar-refractivity contribution is 5.85. The molecule has 0 aliphatic carbocycles. The van der Waals surface area contributed by atoms with Crippen LogP contribution in [-0.2, 0) is 9.59 Å². The largest absolute Gasteiger partial charge is 0.355 e. The van der Waals surface area contributed by atoms with Crippen molar-refractivity contribution in [1.82, 2.24) is 15.1 Å². The first-order chi connectivity index (χ1) is 9.43. The summed E-state index contributed by atoms with van der Waals surface area (Å²) in [6.45, 7) is 6.96. The molecular weight excluding hydrogens is 256 g/mol. The number of rotatable bonds is 7. The zero-order valence-electron chi connectivity index (χ0n) is 12.9. The van der Waals surface area contributed by atoms with Crippen molar-refractivity contribution in [2.24, 2.45) is 11.7 Å². The van der Waals surface area contributed by atoms with Crippen molar-refractivity contribution in [2.45, 2.75) is 32.7 Å². The van der Waals surface area contributed by atoms with E-state index in [1.807, 2.05) is 13.8 Å². The zero-order chi connectivity index (χ0) is 15.1. The van der Waals surface area contributed by atoms with Gasteiger partial charge in [0, 0.05) is 26.2 Å². The summed E-state index contributed by atoms with van der Waals surface area (Å²) in [5, 5.41) is 2.77. The third-order valence-corrected chi connectivity index (χ3v) is 3.79. The normalized spacial score (nSPS) is 20.7. The summed E-state index contributed by atoms with van der Waals surface area (Å²) in [4.78, 5) is 27.2. The lowest BCUT2D eigenvalue weighted by atomic mass is 10.0. The van der Waals surface area contributed by atoms with Gasteiger partial charge in [0.15, 0.2) is 0 Å². The van der Waals surface area contributed by atoms with Gasteiger partial charge in [0.1, 0.15) is 0 Å². The monoisotopic (exact) mass is 284 g/mol. The predicted octanol–water partition coefficient (Wildman–Crippen LogP) is -0.360. The van der Waals surface area contributed by atoms with Crippen molar-refractivity contribution in [3.63, 3.8) is 0 Å². The third-order valence-electron chi connectivity index (χ3n) is 3.79. The van der Waals surface area contributed by atoms with Gasteiger partial charge in [-0.25, -0.2) is 0 Å². The quantitative estimate of drug-likeness (QED) is 0.669. The van der Waals surface area contributed by atoms with Crippen LogP contribution in [0.2, 0.25) is 0 Å². The second-order valence-electron chi connectivity index (χ2n) is 5.74. The number of carbonyl (C=O) groups excluding carboxylic acids is 2. The standard InChI is InChI=1S/C14H28N4O2/c1-4-6-16-13(19)9-17(3)14(20)10-18-7-5-12(8-18)11(2)15/h11-12H,4-10,15H2,1-3H3,(H,16,19). The first-order valence-corrected chi connectivity index (χ1v) is 7.42. The minimum atomic E-state index is -0.0995. The number of hydrogen-bond donors (Lipinski definition) is 2. The van der Waals surface area contributed by atoms with Crippen LogP contribution >= 0.6 is 0 Å². The number of likely N-dealkylation sites (N-methyl/N-ethyl adjacent to an activating group) is 1.